The molecule has 1 unspecified atom stereocenters. The Kier molecular flexibility index (Phi) is 3.93. The summed E-state index contributed by atoms with van der Waals surface area (Å²) in [6.45, 7) is 4.79. The highest BCUT2D eigenvalue weighted by atomic mass is 35.5. The molecule has 18 heavy (non-hydrogen) atoms. The van der Waals surface area contributed by atoms with Gasteiger partial charge < -0.3 is 5.73 Å². The second-order valence-electron chi connectivity index (χ2n) is 4.20. The van der Waals surface area contributed by atoms with Gasteiger partial charge in [-0.25, -0.2) is 9.97 Å². The van der Waals surface area contributed by atoms with Gasteiger partial charge in [0.25, 0.3) is 0 Å². The Hall–Kier alpha value is -1.46. The maximum absolute atomic E-state index is 6.17. The second kappa shape index (κ2) is 5.46. The Morgan fingerprint density at radius 2 is 2.00 bits per heavy atom. The molecular formula is C12H16ClN5. The molecule has 0 aliphatic heterocycles. The first-order valence-corrected chi connectivity index (χ1v) is 6.26. The molecule has 0 radical (unpaired) electrons. The van der Waals surface area contributed by atoms with Gasteiger partial charge in [0.15, 0.2) is 5.82 Å². The minimum absolute atomic E-state index is 0.452. The molecule has 0 spiro atoms. The Bertz CT molecular complexity index is 520. The molecule has 1 atom stereocenters. The minimum atomic E-state index is -0.452. The van der Waals surface area contributed by atoms with Crippen molar-refractivity contribution in [1.82, 2.24) is 19.7 Å². The van der Waals surface area contributed by atoms with Crippen LogP contribution in [0, 0.1) is 6.92 Å². The lowest BCUT2D eigenvalue weighted by atomic mass is 10.2. The first-order chi connectivity index (χ1) is 8.63. The molecule has 2 heterocycles. The van der Waals surface area contributed by atoms with E-state index in [-0.39, 0.29) is 0 Å². The molecule has 0 fully saturated rings. The first kappa shape index (κ1) is 13.0. The normalized spacial score (nSPS) is 12.7. The third-order valence-electron chi connectivity index (χ3n) is 2.64. The number of hydrogen-bond acceptors (Lipinski definition) is 4. The van der Waals surface area contributed by atoms with Crippen LogP contribution in [0.15, 0.2) is 18.6 Å². The third kappa shape index (κ3) is 2.52. The average Bonchev–Trinajstić information content (AvgIpc) is 2.71. The molecule has 6 heteroatoms. The van der Waals surface area contributed by atoms with Gasteiger partial charge in [0.2, 0.25) is 0 Å². The van der Waals surface area contributed by atoms with E-state index in [0.717, 1.165) is 24.2 Å². The molecule has 2 N–H and O–H groups in total. The standard InChI is InChI=1S/C12H16ClN5/c1-3-4-18-11(9(13)7-17-18)10(14)12-15-5-8(2)6-16-12/h5-7,10H,3-4,14H2,1-2H3. The van der Waals surface area contributed by atoms with Gasteiger partial charge in [-0.3, -0.25) is 4.68 Å². The van der Waals surface area contributed by atoms with E-state index in [2.05, 4.69) is 22.0 Å². The first-order valence-electron chi connectivity index (χ1n) is 5.88. The van der Waals surface area contributed by atoms with E-state index < -0.39 is 6.04 Å². The van der Waals surface area contributed by atoms with E-state index in [0.29, 0.717) is 10.8 Å². The largest absolute Gasteiger partial charge is 0.316 e. The number of hydrogen-bond donors (Lipinski definition) is 1. The van der Waals surface area contributed by atoms with Crippen molar-refractivity contribution in [1.29, 1.82) is 0 Å². The summed E-state index contributed by atoms with van der Waals surface area (Å²) in [5.74, 6) is 0.556. The SMILES string of the molecule is CCCn1ncc(Cl)c1C(N)c1ncc(C)cn1. The molecule has 0 saturated carbocycles. The lowest BCUT2D eigenvalue weighted by Crippen LogP contribution is -2.20. The molecular weight excluding hydrogens is 250 g/mol. The second-order valence-corrected chi connectivity index (χ2v) is 4.60. The number of aromatic nitrogens is 4. The minimum Gasteiger partial charge on any atom is -0.316 e. The van der Waals surface area contributed by atoms with E-state index in [1.165, 1.54) is 0 Å². The summed E-state index contributed by atoms with van der Waals surface area (Å²) in [6, 6.07) is -0.452. The number of halogens is 1. The third-order valence-corrected chi connectivity index (χ3v) is 2.93. The predicted molar refractivity (Wildman–Crippen MR) is 70.3 cm³/mol. The van der Waals surface area contributed by atoms with Gasteiger partial charge in [-0.15, -0.1) is 0 Å². The van der Waals surface area contributed by atoms with E-state index >= 15 is 0 Å². The molecule has 96 valence electrons. The molecule has 5 nitrogen and oxygen atoms in total. The monoisotopic (exact) mass is 265 g/mol. The Morgan fingerprint density at radius 1 is 1.33 bits per heavy atom. The molecule has 0 bridgehead atoms. The van der Waals surface area contributed by atoms with E-state index in [9.17, 15) is 0 Å². The highest BCUT2D eigenvalue weighted by Crippen LogP contribution is 2.24. The number of aryl methyl sites for hydroxylation is 2. The summed E-state index contributed by atoms with van der Waals surface area (Å²) in [6.07, 6.45) is 6.07. The van der Waals surface area contributed by atoms with Crippen LogP contribution in [0.3, 0.4) is 0 Å². The smallest absolute Gasteiger partial charge is 0.151 e. The maximum Gasteiger partial charge on any atom is 0.151 e. The molecule has 2 rings (SSSR count). The van der Waals surface area contributed by atoms with Gasteiger partial charge in [-0.2, -0.15) is 5.10 Å². The van der Waals surface area contributed by atoms with Crippen LogP contribution >= 0.6 is 11.6 Å². The molecule has 0 aliphatic rings. The van der Waals surface area contributed by atoms with E-state index in [1.807, 2.05) is 11.6 Å². The summed E-state index contributed by atoms with van der Waals surface area (Å²) in [5, 5.41) is 4.77. The van der Waals surface area contributed by atoms with E-state index in [4.69, 9.17) is 17.3 Å². The highest BCUT2D eigenvalue weighted by Gasteiger charge is 2.20. The Balaban J connectivity index is 2.35. The zero-order chi connectivity index (χ0) is 13.1. The van der Waals surface area contributed by atoms with Crippen molar-refractivity contribution in [2.75, 3.05) is 0 Å². The van der Waals surface area contributed by atoms with Crippen LogP contribution in [0.4, 0.5) is 0 Å². The van der Waals surface area contributed by atoms with Gasteiger partial charge in [-0.1, -0.05) is 18.5 Å². The van der Waals surface area contributed by atoms with Crippen molar-refractivity contribution in [3.63, 3.8) is 0 Å². The molecule has 0 aromatic carbocycles. The fraction of sp³-hybridized carbons (Fsp3) is 0.417. The fourth-order valence-corrected chi connectivity index (χ4v) is 2.02. The zero-order valence-electron chi connectivity index (χ0n) is 10.5. The van der Waals surface area contributed by atoms with Crippen molar-refractivity contribution in [2.45, 2.75) is 32.9 Å². The van der Waals surface area contributed by atoms with Crippen LogP contribution in [0.5, 0.6) is 0 Å². The molecule has 0 amide bonds. The molecule has 2 aromatic rings. The summed E-state index contributed by atoms with van der Waals surface area (Å²) < 4.78 is 1.82. The van der Waals surface area contributed by atoms with Crippen molar-refractivity contribution in [3.8, 4) is 0 Å². The number of rotatable bonds is 4. The molecule has 0 saturated heterocycles. The predicted octanol–water partition coefficient (Wildman–Crippen LogP) is 2.09. The molecule has 0 aliphatic carbocycles. The van der Waals surface area contributed by atoms with Gasteiger partial charge >= 0.3 is 0 Å². The van der Waals surface area contributed by atoms with Crippen molar-refractivity contribution >= 4 is 11.6 Å². The summed E-state index contributed by atoms with van der Waals surface area (Å²) in [4.78, 5) is 8.48. The number of nitrogens with zero attached hydrogens (tertiary/aromatic N) is 4. The Labute approximate surface area is 111 Å². The summed E-state index contributed by atoms with van der Waals surface area (Å²) >= 11 is 6.14. The van der Waals surface area contributed by atoms with Crippen molar-refractivity contribution in [2.24, 2.45) is 5.73 Å². The lowest BCUT2D eigenvalue weighted by Gasteiger charge is -2.13. The quantitative estimate of drug-likeness (QED) is 0.919. The van der Waals surface area contributed by atoms with Gasteiger partial charge in [-0.05, 0) is 18.9 Å². The maximum atomic E-state index is 6.17. The zero-order valence-corrected chi connectivity index (χ0v) is 11.2. The fourth-order valence-electron chi connectivity index (χ4n) is 1.76. The van der Waals surface area contributed by atoms with Gasteiger partial charge in [0.1, 0.15) is 6.04 Å². The van der Waals surface area contributed by atoms with Crippen LogP contribution < -0.4 is 5.73 Å². The Morgan fingerprint density at radius 3 is 2.61 bits per heavy atom. The van der Waals surface area contributed by atoms with E-state index in [1.54, 1.807) is 18.6 Å². The van der Waals surface area contributed by atoms with Gasteiger partial charge in [0.05, 0.1) is 16.9 Å². The summed E-state index contributed by atoms with van der Waals surface area (Å²) in [5.41, 5.74) is 7.94. The van der Waals surface area contributed by atoms with Crippen LogP contribution in [0.1, 0.15) is 36.5 Å². The van der Waals surface area contributed by atoms with Crippen LogP contribution in [0.25, 0.3) is 0 Å². The van der Waals surface area contributed by atoms with Gasteiger partial charge in [0, 0.05) is 18.9 Å². The highest BCUT2D eigenvalue weighted by molar-refractivity contribution is 6.31. The number of nitrogens with two attached hydrogens (primary N) is 1. The van der Waals surface area contributed by atoms with Crippen molar-refractivity contribution < 1.29 is 0 Å². The van der Waals surface area contributed by atoms with Crippen molar-refractivity contribution in [3.05, 3.63) is 40.7 Å². The molecule has 2 aromatic heterocycles. The lowest BCUT2D eigenvalue weighted by molar-refractivity contribution is 0.553. The van der Waals surface area contributed by atoms with Crippen LogP contribution in [0.2, 0.25) is 5.02 Å². The topological polar surface area (TPSA) is 69.6 Å². The average molecular weight is 266 g/mol. The van der Waals surface area contributed by atoms with Crippen LogP contribution in [-0.4, -0.2) is 19.7 Å². The summed E-state index contributed by atoms with van der Waals surface area (Å²) in [7, 11) is 0. The van der Waals surface area contributed by atoms with Crippen LogP contribution in [-0.2, 0) is 6.54 Å².